The van der Waals surface area contributed by atoms with E-state index in [2.05, 4.69) is 10.6 Å². The van der Waals surface area contributed by atoms with Crippen molar-refractivity contribution >= 4 is 28.2 Å². The van der Waals surface area contributed by atoms with E-state index in [4.69, 9.17) is 0 Å². The first-order chi connectivity index (χ1) is 11.0. The molecule has 1 aromatic heterocycles. The van der Waals surface area contributed by atoms with Crippen molar-refractivity contribution in [1.29, 1.82) is 0 Å². The molecule has 23 heavy (non-hydrogen) atoms. The molecule has 0 saturated heterocycles. The number of hydrogen-bond donors (Lipinski definition) is 2. The topological polar surface area (TPSA) is 58.2 Å². The molecule has 1 heterocycles. The lowest BCUT2D eigenvalue weighted by Gasteiger charge is -2.09. The first kappa shape index (κ1) is 15.7. The summed E-state index contributed by atoms with van der Waals surface area (Å²) in [6.07, 6.45) is 2.98. The molecule has 2 aromatic rings. The lowest BCUT2D eigenvalue weighted by molar-refractivity contribution is 0.0963. The summed E-state index contributed by atoms with van der Waals surface area (Å²) in [4.78, 5) is 26.1. The van der Waals surface area contributed by atoms with Crippen molar-refractivity contribution in [1.82, 2.24) is 5.32 Å². The van der Waals surface area contributed by atoms with Crippen molar-refractivity contribution in [2.75, 3.05) is 12.4 Å². The molecule has 0 atom stereocenters. The fraction of sp³-hybridized carbons (Fsp3) is 0.333. The maximum absolute atomic E-state index is 12.6. The van der Waals surface area contributed by atoms with Gasteiger partial charge in [-0.15, -0.1) is 11.3 Å². The maximum atomic E-state index is 12.6. The lowest BCUT2D eigenvalue weighted by atomic mass is 10.1. The molecule has 1 aliphatic carbocycles. The zero-order chi connectivity index (χ0) is 16.6. The normalized spacial score (nSPS) is 12.8. The number of nitrogens with one attached hydrogen (secondary N) is 2. The standard InChI is InChI=1S/C18H20N2O2S/c1-10-7-8-12(11(2)9-10)16(21)20-18-15(17(22)19-3)13-5-4-6-14(13)23-18/h7-9H,4-6H2,1-3H3,(H,19,22)(H,20,21). The number of carbonyl (C=O) groups excluding carboxylic acids is 2. The first-order valence-electron chi connectivity index (χ1n) is 7.76. The average Bonchev–Trinajstić information content (AvgIpc) is 3.06. The molecular weight excluding hydrogens is 308 g/mol. The first-order valence-corrected chi connectivity index (χ1v) is 8.58. The van der Waals surface area contributed by atoms with E-state index in [1.807, 2.05) is 32.0 Å². The number of anilines is 1. The highest BCUT2D eigenvalue weighted by atomic mass is 32.1. The highest BCUT2D eigenvalue weighted by Gasteiger charge is 2.27. The molecule has 0 aliphatic heterocycles. The van der Waals surface area contributed by atoms with E-state index < -0.39 is 0 Å². The van der Waals surface area contributed by atoms with E-state index in [1.165, 1.54) is 16.2 Å². The second-order valence-corrected chi connectivity index (χ2v) is 7.02. The van der Waals surface area contributed by atoms with Gasteiger partial charge in [-0.3, -0.25) is 9.59 Å². The van der Waals surface area contributed by atoms with Crippen molar-refractivity contribution in [2.24, 2.45) is 0 Å². The summed E-state index contributed by atoms with van der Waals surface area (Å²) in [5, 5.41) is 6.30. The van der Waals surface area contributed by atoms with E-state index >= 15 is 0 Å². The average molecular weight is 328 g/mol. The third-order valence-corrected chi connectivity index (χ3v) is 5.44. The highest BCUT2D eigenvalue weighted by molar-refractivity contribution is 7.17. The van der Waals surface area contributed by atoms with Gasteiger partial charge in [-0.25, -0.2) is 0 Å². The Morgan fingerprint density at radius 1 is 1.13 bits per heavy atom. The molecule has 0 fully saturated rings. The summed E-state index contributed by atoms with van der Waals surface area (Å²) in [6, 6.07) is 5.75. The van der Waals surface area contributed by atoms with E-state index in [0.717, 1.165) is 36.0 Å². The molecule has 0 spiro atoms. The van der Waals surface area contributed by atoms with Gasteiger partial charge in [0.05, 0.1) is 5.56 Å². The molecule has 0 bridgehead atoms. The second-order valence-electron chi connectivity index (χ2n) is 5.91. The highest BCUT2D eigenvalue weighted by Crippen LogP contribution is 2.39. The van der Waals surface area contributed by atoms with Crippen molar-refractivity contribution in [3.63, 3.8) is 0 Å². The lowest BCUT2D eigenvalue weighted by Crippen LogP contribution is -2.21. The molecule has 0 saturated carbocycles. The largest absolute Gasteiger partial charge is 0.355 e. The van der Waals surface area contributed by atoms with Gasteiger partial charge in [0, 0.05) is 17.5 Å². The zero-order valence-corrected chi connectivity index (χ0v) is 14.4. The van der Waals surface area contributed by atoms with Crippen LogP contribution >= 0.6 is 11.3 Å². The minimum Gasteiger partial charge on any atom is -0.355 e. The van der Waals surface area contributed by atoms with Crippen LogP contribution in [0, 0.1) is 13.8 Å². The number of carbonyl (C=O) groups is 2. The Labute approximate surface area is 139 Å². The van der Waals surface area contributed by atoms with Gasteiger partial charge in [0.25, 0.3) is 11.8 Å². The molecule has 2 N–H and O–H groups in total. The van der Waals surface area contributed by atoms with E-state index in [1.54, 1.807) is 7.05 Å². The minimum absolute atomic E-state index is 0.125. The minimum atomic E-state index is -0.160. The van der Waals surface area contributed by atoms with Gasteiger partial charge >= 0.3 is 0 Å². The molecule has 2 amide bonds. The Balaban J connectivity index is 1.94. The van der Waals surface area contributed by atoms with Crippen LogP contribution in [0.3, 0.4) is 0 Å². The summed E-state index contributed by atoms with van der Waals surface area (Å²) in [6.45, 7) is 3.93. The quantitative estimate of drug-likeness (QED) is 0.906. The summed E-state index contributed by atoms with van der Waals surface area (Å²) >= 11 is 1.53. The van der Waals surface area contributed by atoms with Crippen molar-refractivity contribution < 1.29 is 9.59 Å². The third kappa shape index (κ3) is 2.88. The molecule has 4 nitrogen and oxygen atoms in total. The summed E-state index contributed by atoms with van der Waals surface area (Å²) in [7, 11) is 1.62. The number of amides is 2. The Bertz CT molecular complexity index is 793. The van der Waals surface area contributed by atoms with Crippen LogP contribution in [0.15, 0.2) is 18.2 Å². The summed E-state index contributed by atoms with van der Waals surface area (Å²) in [5.74, 6) is -0.284. The Morgan fingerprint density at radius 3 is 2.61 bits per heavy atom. The molecular formula is C18H20N2O2S. The third-order valence-electron chi connectivity index (χ3n) is 4.23. The van der Waals surface area contributed by atoms with Crippen LogP contribution in [-0.2, 0) is 12.8 Å². The van der Waals surface area contributed by atoms with Crippen LogP contribution in [0.5, 0.6) is 0 Å². The predicted molar refractivity (Wildman–Crippen MR) is 93.6 cm³/mol. The Kier molecular flexibility index (Phi) is 4.22. The van der Waals surface area contributed by atoms with Gasteiger partial charge < -0.3 is 10.6 Å². The molecule has 0 radical (unpaired) electrons. The van der Waals surface area contributed by atoms with Gasteiger partial charge in [0.1, 0.15) is 5.00 Å². The fourth-order valence-electron chi connectivity index (χ4n) is 3.10. The van der Waals surface area contributed by atoms with Crippen LogP contribution in [0.2, 0.25) is 0 Å². The van der Waals surface area contributed by atoms with Crippen molar-refractivity contribution in [2.45, 2.75) is 33.1 Å². The molecule has 0 unspecified atom stereocenters. The van der Waals surface area contributed by atoms with Gasteiger partial charge in [0.2, 0.25) is 0 Å². The second kappa shape index (κ2) is 6.16. The monoisotopic (exact) mass is 328 g/mol. The zero-order valence-electron chi connectivity index (χ0n) is 13.6. The number of benzene rings is 1. The smallest absolute Gasteiger partial charge is 0.256 e. The van der Waals surface area contributed by atoms with Crippen LogP contribution in [-0.4, -0.2) is 18.9 Å². The number of thiophene rings is 1. The molecule has 5 heteroatoms. The van der Waals surface area contributed by atoms with Crippen molar-refractivity contribution in [3.8, 4) is 0 Å². The van der Waals surface area contributed by atoms with Crippen LogP contribution in [0.4, 0.5) is 5.00 Å². The Hall–Kier alpha value is -2.14. The van der Waals surface area contributed by atoms with Gasteiger partial charge in [-0.05, 0) is 50.3 Å². The summed E-state index contributed by atoms with van der Waals surface area (Å²) in [5.41, 5.74) is 4.45. The number of fused-ring (bicyclic) bond motifs is 1. The van der Waals surface area contributed by atoms with E-state index in [-0.39, 0.29) is 11.8 Å². The Morgan fingerprint density at radius 2 is 1.91 bits per heavy atom. The van der Waals surface area contributed by atoms with Crippen molar-refractivity contribution in [3.05, 3.63) is 50.9 Å². The molecule has 3 rings (SSSR count). The van der Waals surface area contributed by atoms with Gasteiger partial charge in [-0.2, -0.15) is 0 Å². The van der Waals surface area contributed by atoms with E-state index in [9.17, 15) is 9.59 Å². The number of aryl methyl sites for hydroxylation is 3. The molecule has 120 valence electrons. The van der Waals surface area contributed by atoms with Crippen LogP contribution in [0.1, 0.15) is 48.7 Å². The van der Waals surface area contributed by atoms with E-state index in [0.29, 0.717) is 16.1 Å². The van der Waals surface area contributed by atoms with Crippen LogP contribution in [0.25, 0.3) is 0 Å². The predicted octanol–water partition coefficient (Wildman–Crippen LogP) is 3.47. The SMILES string of the molecule is CNC(=O)c1c(NC(=O)c2ccc(C)cc2C)sc2c1CCC2. The fourth-order valence-corrected chi connectivity index (χ4v) is 4.38. The molecule has 1 aliphatic rings. The van der Waals surface area contributed by atoms with Crippen LogP contribution < -0.4 is 10.6 Å². The summed E-state index contributed by atoms with van der Waals surface area (Å²) < 4.78 is 0. The maximum Gasteiger partial charge on any atom is 0.256 e. The van der Waals surface area contributed by atoms with Gasteiger partial charge in [-0.1, -0.05) is 17.7 Å². The number of rotatable bonds is 3. The molecule has 1 aromatic carbocycles. The number of hydrogen-bond acceptors (Lipinski definition) is 3. The van der Waals surface area contributed by atoms with Gasteiger partial charge in [0.15, 0.2) is 0 Å².